The van der Waals surface area contributed by atoms with Crippen LogP contribution in [0.3, 0.4) is 0 Å². The molecule has 0 aliphatic carbocycles. The molecule has 10 heteroatoms. The minimum absolute atomic E-state index is 0.105. The molecule has 3 heterocycles. The fourth-order valence-corrected chi connectivity index (χ4v) is 4.99. The molecule has 3 saturated heterocycles. The molecule has 10 nitrogen and oxygen atoms in total. The molecule has 0 unspecified atom stereocenters. The Bertz CT molecular complexity index is 1010. The van der Waals surface area contributed by atoms with Crippen LogP contribution in [0.15, 0.2) is 30.3 Å². The monoisotopic (exact) mass is 512 g/mol. The molecule has 0 spiro atoms. The summed E-state index contributed by atoms with van der Waals surface area (Å²) in [5, 5.41) is 8.35. The Morgan fingerprint density at radius 3 is 2.41 bits per heavy atom. The number of fused-ring (bicyclic) bond motifs is 1. The molecular formula is C27H36N4O6. The first-order valence-electron chi connectivity index (χ1n) is 13.2. The van der Waals surface area contributed by atoms with Crippen molar-refractivity contribution in [2.45, 2.75) is 88.6 Å². The molecule has 0 radical (unpaired) electrons. The van der Waals surface area contributed by atoms with Gasteiger partial charge in [-0.25, -0.2) is 0 Å². The predicted octanol–water partition coefficient (Wildman–Crippen LogP) is 0.626. The summed E-state index contributed by atoms with van der Waals surface area (Å²) in [6, 6.07) is 6.13. The third-order valence-electron chi connectivity index (χ3n) is 7.23. The van der Waals surface area contributed by atoms with Crippen molar-refractivity contribution >= 4 is 29.4 Å². The van der Waals surface area contributed by atoms with Crippen LogP contribution in [0.4, 0.5) is 0 Å². The Morgan fingerprint density at radius 1 is 0.946 bits per heavy atom. The highest BCUT2D eigenvalue weighted by atomic mass is 16.6. The lowest BCUT2D eigenvalue weighted by Crippen LogP contribution is -2.61. The number of unbranched alkanes of at least 4 members (excludes halogenated alkanes) is 2. The molecule has 3 aliphatic heterocycles. The lowest BCUT2D eigenvalue weighted by molar-refractivity contribution is -0.143. The molecule has 1 aromatic carbocycles. The number of ketones is 1. The van der Waals surface area contributed by atoms with Gasteiger partial charge in [0.05, 0.1) is 6.61 Å². The van der Waals surface area contributed by atoms with Gasteiger partial charge in [-0.15, -0.1) is 0 Å². The Kier molecular flexibility index (Phi) is 8.91. The Balaban J connectivity index is 1.44. The van der Waals surface area contributed by atoms with Crippen molar-refractivity contribution < 1.29 is 28.7 Å². The zero-order valence-corrected chi connectivity index (χ0v) is 21.2. The SMILES string of the molecule is C[C@@H]1NC(=O)[C@H](CCCCCC(=O)[C@@H]2CO2)NC(=O)[C@@H]2CCCN2C(=O)[C@H](Cc2ccccc2)NC1=O. The fraction of sp³-hybridized carbons (Fsp3) is 0.593. The van der Waals surface area contributed by atoms with E-state index in [1.54, 1.807) is 6.92 Å². The molecule has 3 N–H and O–H groups in total. The molecule has 1 aromatic rings. The summed E-state index contributed by atoms with van der Waals surface area (Å²) in [5.74, 6) is -1.44. The van der Waals surface area contributed by atoms with E-state index in [1.165, 1.54) is 4.90 Å². The van der Waals surface area contributed by atoms with Crippen molar-refractivity contribution in [1.82, 2.24) is 20.9 Å². The van der Waals surface area contributed by atoms with Crippen LogP contribution >= 0.6 is 0 Å². The van der Waals surface area contributed by atoms with Gasteiger partial charge in [0.15, 0.2) is 5.78 Å². The molecule has 5 atom stereocenters. The second-order valence-electron chi connectivity index (χ2n) is 10.1. The number of hydrogen-bond acceptors (Lipinski definition) is 6. The second kappa shape index (κ2) is 12.3. The van der Waals surface area contributed by atoms with E-state index in [-0.39, 0.29) is 30.1 Å². The van der Waals surface area contributed by atoms with Gasteiger partial charge >= 0.3 is 0 Å². The van der Waals surface area contributed by atoms with Crippen LogP contribution in [-0.4, -0.2) is 77.7 Å². The van der Waals surface area contributed by atoms with E-state index in [2.05, 4.69) is 16.0 Å². The smallest absolute Gasteiger partial charge is 0.246 e. The third-order valence-corrected chi connectivity index (χ3v) is 7.23. The van der Waals surface area contributed by atoms with Gasteiger partial charge < -0.3 is 25.6 Å². The first kappa shape index (κ1) is 26.8. The van der Waals surface area contributed by atoms with Crippen LogP contribution in [0, 0.1) is 0 Å². The normalized spacial score (nSPS) is 28.4. The highest BCUT2D eigenvalue weighted by Crippen LogP contribution is 2.21. The summed E-state index contributed by atoms with van der Waals surface area (Å²) in [6.45, 7) is 2.49. The number of carbonyl (C=O) groups excluding carboxylic acids is 5. The van der Waals surface area contributed by atoms with E-state index >= 15 is 0 Å². The summed E-state index contributed by atoms with van der Waals surface area (Å²) in [4.78, 5) is 66.2. The maximum atomic E-state index is 13.5. The number of epoxide rings is 1. The van der Waals surface area contributed by atoms with Crippen molar-refractivity contribution in [3.63, 3.8) is 0 Å². The third kappa shape index (κ3) is 7.15. The quantitative estimate of drug-likeness (QED) is 0.328. The van der Waals surface area contributed by atoms with Crippen molar-refractivity contribution in [2.75, 3.05) is 13.2 Å². The number of carbonyl (C=O) groups is 5. The molecule has 200 valence electrons. The standard InChI is InChI=1S/C27H36N4O6/c1-17-24(33)30-20(15-18-9-4-2-5-10-18)27(36)31-14-8-12-21(31)26(35)29-19(25(34)28-17)11-6-3-7-13-22(32)23-16-37-23/h2,4-5,9-10,17,19-21,23H,3,6-8,11-16H2,1H3,(H,28,34)(H,29,35)(H,30,33)/t17-,19-,20-,21-,23-/m0/s1. The van der Waals surface area contributed by atoms with Crippen LogP contribution < -0.4 is 16.0 Å². The second-order valence-corrected chi connectivity index (χ2v) is 10.1. The Hall–Kier alpha value is -3.27. The topological polar surface area (TPSA) is 137 Å². The van der Waals surface area contributed by atoms with E-state index in [1.807, 2.05) is 30.3 Å². The van der Waals surface area contributed by atoms with E-state index in [0.29, 0.717) is 51.7 Å². The maximum absolute atomic E-state index is 13.5. The van der Waals surface area contributed by atoms with Gasteiger partial charge in [0.25, 0.3) is 0 Å². The molecule has 4 rings (SSSR count). The van der Waals surface area contributed by atoms with E-state index in [4.69, 9.17) is 4.74 Å². The average Bonchev–Trinajstić information content (AvgIpc) is 3.63. The summed E-state index contributed by atoms with van der Waals surface area (Å²) >= 11 is 0. The lowest BCUT2D eigenvalue weighted by atomic mass is 10.0. The molecule has 37 heavy (non-hydrogen) atoms. The number of rotatable bonds is 9. The number of nitrogens with one attached hydrogen (secondary N) is 3. The van der Waals surface area contributed by atoms with Gasteiger partial charge in [-0.05, 0) is 38.2 Å². The summed E-state index contributed by atoms with van der Waals surface area (Å²) in [6.07, 6.45) is 4.07. The van der Waals surface area contributed by atoms with Gasteiger partial charge in [-0.1, -0.05) is 43.2 Å². The van der Waals surface area contributed by atoms with Gasteiger partial charge in [0.1, 0.15) is 30.3 Å². The van der Waals surface area contributed by atoms with Gasteiger partial charge in [-0.3, -0.25) is 24.0 Å². The largest absolute Gasteiger partial charge is 0.365 e. The molecule has 3 fully saturated rings. The average molecular weight is 513 g/mol. The van der Waals surface area contributed by atoms with Crippen LogP contribution in [0.5, 0.6) is 0 Å². The van der Waals surface area contributed by atoms with Gasteiger partial charge in [0, 0.05) is 19.4 Å². The van der Waals surface area contributed by atoms with Crippen molar-refractivity contribution in [1.29, 1.82) is 0 Å². The number of ether oxygens (including phenoxy) is 1. The molecular weight excluding hydrogens is 476 g/mol. The molecule has 0 saturated carbocycles. The Labute approximate surface area is 216 Å². The van der Waals surface area contributed by atoms with Gasteiger partial charge in [0.2, 0.25) is 23.6 Å². The molecule has 0 aromatic heterocycles. The zero-order chi connectivity index (χ0) is 26.4. The number of nitrogens with zero attached hydrogens (tertiary/aromatic N) is 1. The highest BCUT2D eigenvalue weighted by molar-refractivity contribution is 5.97. The predicted molar refractivity (Wildman–Crippen MR) is 134 cm³/mol. The highest BCUT2D eigenvalue weighted by Gasteiger charge is 2.40. The first-order chi connectivity index (χ1) is 17.8. The fourth-order valence-electron chi connectivity index (χ4n) is 4.99. The minimum Gasteiger partial charge on any atom is -0.365 e. The summed E-state index contributed by atoms with van der Waals surface area (Å²) in [7, 11) is 0. The van der Waals surface area contributed by atoms with Crippen molar-refractivity contribution in [2.24, 2.45) is 0 Å². The van der Waals surface area contributed by atoms with Crippen LogP contribution in [-0.2, 0) is 35.1 Å². The summed E-state index contributed by atoms with van der Waals surface area (Å²) < 4.78 is 5.00. The van der Waals surface area contributed by atoms with Crippen molar-refractivity contribution in [3.8, 4) is 0 Å². The lowest BCUT2D eigenvalue weighted by Gasteiger charge is -2.32. The minimum atomic E-state index is -0.886. The number of benzene rings is 1. The molecule has 4 amide bonds. The molecule has 3 aliphatic rings. The number of Topliss-reactive ketones (excluding diaryl/α,β-unsaturated/α-hetero) is 1. The van der Waals surface area contributed by atoms with E-state index in [9.17, 15) is 24.0 Å². The van der Waals surface area contributed by atoms with Crippen LogP contribution in [0.2, 0.25) is 0 Å². The number of amides is 4. The van der Waals surface area contributed by atoms with E-state index in [0.717, 1.165) is 12.0 Å². The Morgan fingerprint density at radius 2 is 1.68 bits per heavy atom. The maximum Gasteiger partial charge on any atom is 0.246 e. The zero-order valence-electron chi connectivity index (χ0n) is 21.2. The summed E-state index contributed by atoms with van der Waals surface area (Å²) in [5.41, 5.74) is 0.886. The van der Waals surface area contributed by atoms with Crippen LogP contribution in [0.25, 0.3) is 0 Å². The van der Waals surface area contributed by atoms with E-state index < -0.39 is 36.0 Å². The number of hydrogen-bond donors (Lipinski definition) is 3. The van der Waals surface area contributed by atoms with Crippen LogP contribution in [0.1, 0.15) is 57.4 Å². The van der Waals surface area contributed by atoms with Gasteiger partial charge in [-0.2, -0.15) is 0 Å². The first-order valence-corrected chi connectivity index (χ1v) is 13.2. The van der Waals surface area contributed by atoms with Crippen molar-refractivity contribution in [3.05, 3.63) is 35.9 Å². The molecule has 0 bridgehead atoms.